The van der Waals surface area contributed by atoms with Gasteiger partial charge in [0.1, 0.15) is 0 Å². The number of nitrogens with zero attached hydrogens (tertiary/aromatic N) is 1. The van der Waals surface area contributed by atoms with Gasteiger partial charge in [0.15, 0.2) is 0 Å². The van der Waals surface area contributed by atoms with E-state index < -0.39 is 0 Å². The van der Waals surface area contributed by atoms with Gasteiger partial charge in [0.2, 0.25) is 0 Å². The number of rotatable bonds is 6. The van der Waals surface area contributed by atoms with Gasteiger partial charge in [0.05, 0.1) is 11.0 Å². The lowest BCUT2D eigenvalue weighted by Gasteiger charge is -2.42. The number of hydrogen-bond acceptors (Lipinski definition) is 0. The van der Waals surface area contributed by atoms with E-state index in [-0.39, 0.29) is 16.7 Å². The van der Waals surface area contributed by atoms with Crippen LogP contribution in [0.2, 0.25) is 0 Å². The third-order valence-electron chi connectivity index (χ3n) is 16.0. The molecule has 0 spiro atoms. The van der Waals surface area contributed by atoms with Crippen molar-refractivity contribution in [3.05, 3.63) is 232 Å². The Kier molecular flexibility index (Phi) is 9.32. The van der Waals surface area contributed by atoms with Gasteiger partial charge in [-0.2, -0.15) is 0 Å². The molecule has 9 aromatic rings. The smallest absolute Gasteiger partial charge is 0.0544 e. The zero-order valence-corrected chi connectivity index (χ0v) is 38.5. The summed E-state index contributed by atoms with van der Waals surface area (Å²) in [4.78, 5) is 0. The highest BCUT2D eigenvalue weighted by Crippen LogP contribution is 2.52. The zero-order valence-electron chi connectivity index (χ0n) is 38.5. The van der Waals surface area contributed by atoms with Crippen LogP contribution in [0.25, 0.3) is 60.5 Å². The molecule has 65 heavy (non-hydrogen) atoms. The van der Waals surface area contributed by atoms with Crippen molar-refractivity contribution in [2.75, 3.05) is 0 Å². The topological polar surface area (TPSA) is 4.93 Å². The van der Waals surface area contributed by atoms with Crippen LogP contribution in [0.5, 0.6) is 0 Å². The molecule has 12 rings (SSSR count). The van der Waals surface area contributed by atoms with Crippen molar-refractivity contribution in [3.63, 3.8) is 0 Å². The summed E-state index contributed by atoms with van der Waals surface area (Å²) in [5.41, 5.74) is 22.5. The molecule has 0 saturated heterocycles. The quantitative estimate of drug-likeness (QED) is 0.157. The standard InChI is InChI=1S/C64H57N/c1-41-48(30-28-44(43-20-10-7-11-21-43)36-54(41)46-29-31-52-55(34-42-18-8-6-9-19-42)50-24-14-15-25-51(50)56(52)37-46)57-38-47(35-45-22-12-13-23-49(45)57)65-61-27-17-16-26-53(61)58-39-59-60(40-62(58)65)64(4,5)33-32-63(59,2)3/h6-29,31,35,37-40,54-55H,30,32-34,36H2,1-5H3. The van der Waals surface area contributed by atoms with E-state index in [1.54, 1.807) is 0 Å². The lowest BCUT2D eigenvalue weighted by Crippen LogP contribution is -2.33. The zero-order chi connectivity index (χ0) is 44.0. The lowest BCUT2D eigenvalue weighted by molar-refractivity contribution is 0.332. The molecule has 0 bridgehead atoms. The van der Waals surface area contributed by atoms with E-state index in [0.717, 1.165) is 19.3 Å². The Morgan fingerprint density at radius 1 is 0.538 bits per heavy atom. The molecular formula is C64H57N. The minimum absolute atomic E-state index is 0.109. The van der Waals surface area contributed by atoms with E-state index in [9.17, 15) is 0 Å². The van der Waals surface area contributed by atoms with Gasteiger partial charge in [-0.15, -0.1) is 0 Å². The van der Waals surface area contributed by atoms with Crippen LogP contribution in [0.15, 0.2) is 188 Å². The summed E-state index contributed by atoms with van der Waals surface area (Å²) < 4.78 is 2.58. The SMILES string of the molecule is CC1=C(c2cc(-n3c4ccccc4c4cc5c(cc43)C(C)(C)CCC5(C)C)cc3ccccc23)CC=C(c2ccccc2)CC1c1ccc2c(c1)-c1ccccc1C2Cc1ccccc1. The lowest BCUT2D eigenvalue weighted by atomic mass is 9.63. The highest BCUT2D eigenvalue weighted by atomic mass is 15.0. The Hall–Kier alpha value is -6.70. The maximum atomic E-state index is 2.58. The molecular weight excluding hydrogens is 783 g/mol. The van der Waals surface area contributed by atoms with Crippen LogP contribution in [-0.4, -0.2) is 4.57 Å². The third kappa shape index (κ3) is 6.57. The van der Waals surface area contributed by atoms with Crippen molar-refractivity contribution in [3.8, 4) is 16.8 Å². The van der Waals surface area contributed by atoms with Gasteiger partial charge in [-0.3, -0.25) is 0 Å². The molecule has 0 saturated carbocycles. The molecule has 1 aromatic heterocycles. The van der Waals surface area contributed by atoms with E-state index in [1.807, 2.05) is 0 Å². The van der Waals surface area contributed by atoms with Crippen molar-refractivity contribution >= 4 is 43.7 Å². The number of hydrogen-bond donors (Lipinski definition) is 0. The van der Waals surface area contributed by atoms with Crippen LogP contribution in [0.4, 0.5) is 0 Å². The second-order valence-electron chi connectivity index (χ2n) is 20.6. The fourth-order valence-corrected chi connectivity index (χ4v) is 12.2. The van der Waals surface area contributed by atoms with Crippen LogP contribution >= 0.6 is 0 Å². The highest BCUT2D eigenvalue weighted by Gasteiger charge is 2.38. The second-order valence-corrected chi connectivity index (χ2v) is 20.6. The first kappa shape index (κ1) is 39.9. The summed E-state index contributed by atoms with van der Waals surface area (Å²) in [6.45, 7) is 12.2. The first-order valence-electron chi connectivity index (χ1n) is 24.0. The fraction of sp³-hybridized carbons (Fsp3) is 0.219. The van der Waals surface area contributed by atoms with E-state index in [1.165, 1.54) is 123 Å². The van der Waals surface area contributed by atoms with Crippen molar-refractivity contribution in [1.82, 2.24) is 4.57 Å². The molecule has 0 radical (unpaired) electrons. The molecule has 2 atom stereocenters. The largest absolute Gasteiger partial charge is 0.309 e. The van der Waals surface area contributed by atoms with E-state index in [0.29, 0.717) is 5.92 Å². The second kappa shape index (κ2) is 15.2. The predicted molar refractivity (Wildman–Crippen MR) is 276 cm³/mol. The summed E-state index contributed by atoms with van der Waals surface area (Å²) in [6, 6.07) is 67.1. The average molecular weight is 840 g/mol. The van der Waals surface area contributed by atoms with Gasteiger partial charge in [-0.1, -0.05) is 185 Å². The minimum Gasteiger partial charge on any atom is -0.309 e. The van der Waals surface area contributed by atoms with Gasteiger partial charge in [0, 0.05) is 28.3 Å². The number of aromatic nitrogens is 1. The van der Waals surface area contributed by atoms with Crippen LogP contribution in [0.3, 0.4) is 0 Å². The van der Waals surface area contributed by atoms with Crippen molar-refractivity contribution in [2.24, 2.45) is 0 Å². The molecule has 1 nitrogen and oxygen atoms in total. The third-order valence-corrected chi connectivity index (χ3v) is 16.0. The fourth-order valence-electron chi connectivity index (χ4n) is 12.2. The summed E-state index contributed by atoms with van der Waals surface area (Å²) in [6.07, 6.45) is 7.77. The predicted octanol–water partition coefficient (Wildman–Crippen LogP) is 17.1. The van der Waals surface area contributed by atoms with Gasteiger partial charge in [-0.25, -0.2) is 0 Å². The highest BCUT2D eigenvalue weighted by molar-refractivity contribution is 6.10. The molecule has 8 aromatic carbocycles. The van der Waals surface area contributed by atoms with Gasteiger partial charge in [-0.05, 0) is 158 Å². The summed E-state index contributed by atoms with van der Waals surface area (Å²) in [5.74, 6) is 0.550. The summed E-state index contributed by atoms with van der Waals surface area (Å²) in [7, 11) is 0. The van der Waals surface area contributed by atoms with Crippen molar-refractivity contribution in [1.29, 1.82) is 0 Å². The van der Waals surface area contributed by atoms with Crippen LogP contribution in [0, 0.1) is 0 Å². The van der Waals surface area contributed by atoms with Crippen LogP contribution < -0.4 is 0 Å². The van der Waals surface area contributed by atoms with E-state index >= 15 is 0 Å². The Bertz CT molecular complexity index is 3410. The monoisotopic (exact) mass is 839 g/mol. The Balaban J connectivity index is 1.06. The molecule has 0 fully saturated rings. The molecule has 0 aliphatic heterocycles. The Labute approximate surface area is 384 Å². The number of allylic oxidation sites excluding steroid dienone is 4. The average Bonchev–Trinajstić information content (AvgIpc) is 3.76. The maximum Gasteiger partial charge on any atom is 0.0544 e. The number of benzene rings is 8. The Morgan fingerprint density at radius 3 is 2.00 bits per heavy atom. The molecule has 0 N–H and O–H groups in total. The normalized spacial score (nSPS) is 18.6. The van der Waals surface area contributed by atoms with Gasteiger partial charge in [0.25, 0.3) is 0 Å². The maximum absolute atomic E-state index is 2.58. The molecule has 318 valence electrons. The first-order valence-corrected chi connectivity index (χ1v) is 24.0. The van der Waals surface area contributed by atoms with Crippen LogP contribution in [0.1, 0.15) is 117 Å². The van der Waals surface area contributed by atoms with Crippen molar-refractivity contribution in [2.45, 2.75) is 89.4 Å². The van der Waals surface area contributed by atoms with Crippen molar-refractivity contribution < 1.29 is 0 Å². The van der Waals surface area contributed by atoms with Gasteiger partial charge < -0.3 is 4.57 Å². The van der Waals surface area contributed by atoms with Crippen LogP contribution in [-0.2, 0) is 17.3 Å². The van der Waals surface area contributed by atoms with Gasteiger partial charge >= 0.3 is 0 Å². The van der Waals surface area contributed by atoms with E-state index in [4.69, 9.17) is 0 Å². The molecule has 1 heterocycles. The van der Waals surface area contributed by atoms with E-state index in [2.05, 4.69) is 221 Å². The first-order chi connectivity index (χ1) is 31.6. The minimum atomic E-state index is 0.109. The molecule has 2 unspecified atom stereocenters. The number of fused-ring (bicyclic) bond motifs is 8. The molecule has 3 aliphatic rings. The summed E-state index contributed by atoms with van der Waals surface area (Å²) in [5, 5.41) is 5.26. The Morgan fingerprint density at radius 2 is 1.20 bits per heavy atom. The number of para-hydroxylation sites is 1. The summed E-state index contributed by atoms with van der Waals surface area (Å²) >= 11 is 0. The molecule has 1 heteroatoms. The molecule has 3 aliphatic carbocycles. The molecule has 0 amide bonds.